The molecule has 1 atom stereocenters. The third kappa shape index (κ3) is 3.11. The van der Waals surface area contributed by atoms with Gasteiger partial charge in [-0.3, -0.25) is 9.59 Å². The molecule has 9 nitrogen and oxygen atoms in total. The zero-order valence-corrected chi connectivity index (χ0v) is 17.7. The minimum Gasteiger partial charge on any atom is -0.463 e. The summed E-state index contributed by atoms with van der Waals surface area (Å²) in [5.74, 6) is -2.46. The molecule has 2 aromatic rings. The molecule has 0 aliphatic carbocycles. The molecule has 4 rings (SSSR count). The molecule has 4 N–H and O–H groups in total. The molecule has 2 aliphatic heterocycles. The number of fused-ring (bicyclic) bond motifs is 2. The molecule has 2 aromatic carbocycles. The Morgan fingerprint density at radius 3 is 2.45 bits per heavy atom. The van der Waals surface area contributed by atoms with Gasteiger partial charge in [-0.15, -0.1) is 0 Å². The van der Waals surface area contributed by atoms with Crippen molar-refractivity contribution in [2.24, 2.45) is 11.5 Å². The number of carbonyl (C=O) groups excluding carboxylic acids is 3. The van der Waals surface area contributed by atoms with Gasteiger partial charge in [0.15, 0.2) is 5.41 Å². The zero-order chi connectivity index (χ0) is 23.8. The second-order valence-corrected chi connectivity index (χ2v) is 7.37. The molecule has 9 heteroatoms. The van der Waals surface area contributed by atoms with Crippen molar-refractivity contribution in [1.82, 2.24) is 4.90 Å². The fraction of sp³-hybridized carbons (Fsp3) is 0.167. The number of esters is 1. The number of nitriles is 1. The molecule has 166 valence electrons. The number of rotatable bonds is 5. The Morgan fingerprint density at radius 2 is 1.82 bits per heavy atom. The van der Waals surface area contributed by atoms with Crippen molar-refractivity contribution in [3.8, 4) is 11.8 Å². The highest BCUT2D eigenvalue weighted by Crippen LogP contribution is 2.55. The lowest BCUT2D eigenvalue weighted by molar-refractivity contribution is -0.141. The van der Waals surface area contributed by atoms with E-state index in [4.69, 9.17) is 20.9 Å². The van der Waals surface area contributed by atoms with E-state index in [-0.39, 0.29) is 40.6 Å². The van der Waals surface area contributed by atoms with Crippen LogP contribution in [-0.2, 0) is 24.5 Å². The molecule has 0 aromatic heterocycles. The maximum atomic E-state index is 14.2. The summed E-state index contributed by atoms with van der Waals surface area (Å²) in [6.07, 6.45) is 0. The Morgan fingerprint density at radius 1 is 1.15 bits per heavy atom. The molecule has 0 fully saturated rings. The molecule has 2 heterocycles. The van der Waals surface area contributed by atoms with E-state index in [1.165, 1.54) is 0 Å². The Kier molecular flexibility index (Phi) is 5.35. The Labute approximate surface area is 189 Å². The number of primary amides is 1. The maximum absolute atomic E-state index is 14.2. The van der Waals surface area contributed by atoms with Crippen molar-refractivity contribution >= 4 is 23.5 Å². The first kappa shape index (κ1) is 21.6. The van der Waals surface area contributed by atoms with Gasteiger partial charge >= 0.3 is 5.97 Å². The number of benzene rings is 2. The highest BCUT2D eigenvalue weighted by atomic mass is 16.5. The van der Waals surface area contributed by atoms with Crippen LogP contribution in [0.4, 0.5) is 0 Å². The van der Waals surface area contributed by atoms with Crippen molar-refractivity contribution in [3.05, 3.63) is 82.8 Å². The van der Waals surface area contributed by atoms with Gasteiger partial charge in [0.05, 0.1) is 17.9 Å². The van der Waals surface area contributed by atoms with Crippen LogP contribution in [-0.4, -0.2) is 35.8 Å². The summed E-state index contributed by atoms with van der Waals surface area (Å²) in [5, 5.41) is 10.1. The van der Waals surface area contributed by atoms with E-state index in [0.717, 1.165) is 4.90 Å². The second-order valence-electron chi connectivity index (χ2n) is 7.37. The van der Waals surface area contributed by atoms with E-state index in [1.807, 2.05) is 6.07 Å². The van der Waals surface area contributed by atoms with Gasteiger partial charge in [0.25, 0.3) is 0 Å². The van der Waals surface area contributed by atoms with Gasteiger partial charge in [-0.1, -0.05) is 48.5 Å². The molecule has 0 radical (unpaired) electrons. The summed E-state index contributed by atoms with van der Waals surface area (Å²) in [6.45, 7) is 1.12. The standard InChI is InChI=1S/C24H20N4O5/c1-2-32-22(30)19-20(14-8-4-3-5-9-14)28(13-18(26)29)23(31)24(19)15-10-6-7-11-17(15)33-21(27)16(24)12-25/h3-11H,2,13,27H2,1H3,(H2,26,29)/t24-/m0/s1. The predicted octanol–water partition coefficient (Wildman–Crippen LogP) is 1.31. The summed E-state index contributed by atoms with van der Waals surface area (Å²) < 4.78 is 11.0. The largest absolute Gasteiger partial charge is 0.463 e. The average molecular weight is 444 g/mol. The van der Waals surface area contributed by atoms with Crippen molar-refractivity contribution in [2.45, 2.75) is 12.3 Å². The smallest absolute Gasteiger partial charge is 0.337 e. The molecule has 33 heavy (non-hydrogen) atoms. The minimum atomic E-state index is -1.97. The van der Waals surface area contributed by atoms with Gasteiger partial charge in [-0.2, -0.15) is 5.26 Å². The lowest BCUT2D eigenvalue weighted by Gasteiger charge is -2.35. The van der Waals surface area contributed by atoms with E-state index >= 15 is 0 Å². The first-order valence-electron chi connectivity index (χ1n) is 10.1. The van der Waals surface area contributed by atoms with Gasteiger partial charge in [0, 0.05) is 5.56 Å². The second kappa shape index (κ2) is 8.16. The molecule has 2 amide bonds. The molecule has 0 bridgehead atoms. The molecule has 0 saturated heterocycles. The molecule has 0 saturated carbocycles. The quantitative estimate of drug-likeness (QED) is 0.661. The summed E-state index contributed by atoms with van der Waals surface area (Å²) in [6, 6.07) is 17.0. The summed E-state index contributed by atoms with van der Waals surface area (Å²) in [7, 11) is 0. The van der Waals surface area contributed by atoms with Crippen molar-refractivity contribution in [2.75, 3.05) is 13.2 Å². The monoisotopic (exact) mass is 444 g/mol. The van der Waals surface area contributed by atoms with E-state index in [0.29, 0.717) is 5.56 Å². The van der Waals surface area contributed by atoms with E-state index in [9.17, 15) is 19.6 Å². The highest BCUT2D eigenvalue weighted by Gasteiger charge is 2.63. The topological polar surface area (TPSA) is 149 Å². The highest BCUT2D eigenvalue weighted by molar-refractivity contribution is 6.20. The fourth-order valence-electron chi connectivity index (χ4n) is 4.35. The average Bonchev–Trinajstić information content (AvgIpc) is 3.04. The van der Waals surface area contributed by atoms with Gasteiger partial charge in [0.1, 0.15) is 23.9 Å². The number of amides is 2. The molecule has 2 aliphatic rings. The number of ether oxygens (including phenoxy) is 2. The SMILES string of the molecule is CCOC(=O)C1=C(c2ccccc2)N(CC(N)=O)C(=O)[C@@]12C(C#N)=C(N)Oc1ccccc12. The van der Waals surface area contributed by atoms with Crippen molar-refractivity contribution < 1.29 is 23.9 Å². The Bertz CT molecular complexity index is 1280. The Hall–Kier alpha value is -4.58. The lowest BCUT2D eigenvalue weighted by Crippen LogP contribution is -2.48. The van der Waals surface area contributed by atoms with Crippen LogP contribution >= 0.6 is 0 Å². The first-order chi connectivity index (χ1) is 15.9. The molecular weight excluding hydrogens is 424 g/mol. The third-order valence-corrected chi connectivity index (χ3v) is 5.53. The Balaban J connectivity index is 2.19. The first-order valence-corrected chi connectivity index (χ1v) is 10.1. The van der Waals surface area contributed by atoms with E-state index in [1.54, 1.807) is 61.5 Å². The minimum absolute atomic E-state index is 0.0176. The van der Waals surface area contributed by atoms with E-state index in [2.05, 4.69) is 0 Å². The molecule has 0 unspecified atom stereocenters. The van der Waals surface area contributed by atoms with Crippen molar-refractivity contribution in [3.63, 3.8) is 0 Å². The maximum Gasteiger partial charge on any atom is 0.337 e. The normalized spacial score (nSPS) is 19.3. The zero-order valence-electron chi connectivity index (χ0n) is 17.7. The number of hydrogen-bond acceptors (Lipinski definition) is 7. The van der Waals surface area contributed by atoms with Gasteiger partial charge in [-0.05, 0) is 18.6 Å². The van der Waals surface area contributed by atoms with Crippen LogP contribution in [0.25, 0.3) is 5.70 Å². The van der Waals surface area contributed by atoms with Crippen molar-refractivity contribution in [1.29, 1.82) is 5.26 Å². The molecule has 1 spiro atoms. The van der Waals surface area contributed by atoms with Crippen LogP contribution in [0.2, 0.25) is 0 Å². The number of nitrogens with zero attached hydrogens (tertiary/aromatic N) is 2. The van der Waals surface area contributed by atoms with Crippen LogP contribution in [0.3, 0.4) is 0 Å². The van der Waals surface area contributed by atoms with Gasteiger partial charge < -0.3 is 25.8 Å². The van der Waals surface area contributed by atoms with Crippen LogP contribution < -0.4 is 16.2 Å². The lowest BCUT2D eigenvalue weighted by atomic mass is 9.67. The summed E-state index contributed by atoms with van der Waals surface area (Å²) >= 11 is 0. The predicted molar refractivity (Wildman–Crippen MR) is 116 cm³/mol. The number of para-hydroxylation sites is 1. The van der Waals surface area contributed by atoms with Gasteiger partial charge in [-0.25, -0.2) is 4.79 Å². The summed E-state index contributed by atoms with van der Waals surface area (Å²) in [5.41, 5.74) is 10.0. The molecular formula is C24H20N4O5. The number of hydrogen-bond donors (Lipinski definition) is 2. The fourth-order valence-corrected chi connectivity index (χ4v) is 4.35. The third-order valence-electron chi connectivity index (χ3n) is 5.53. The van der Waals surface area contributed by atoms with E-state index < -0.39 is 29.7 Å². The van der Waals surface area contributed by atoms with Crippen LogP contribution in [0.1, 0.15) is 18.1 Å². The van der Waals surface area contributed by atoms with Crippen LogP contribution in [0, 0.1) is 11.3 Å². The van der Waals surface area contributed by atoms with Gasteiger partial charge in [0.2, 0.25) is 17.7 Å². The number of carbonyl (C=O) groups is 3. The van der Waals surface area contributed by atoms with Crippen LogP contribution in [0.15, 0.2) is 71.6 Å². The summed E-state index contributed by atoms with van der Waals surface area (Å²) in [4.78, 5) is 40.7. The number of nitrogens with two attached hydrogens (primary N) is 2. The van der Waals surface area contributed by atoms with Crippen LogP contribution in [0.5, 0.6) is 5.75 Å².